The first-order chi connectivity index (χ1) is 7.18. The number of rotatable bonds is 4. The molecule has 1 amide bonds. The average molecular weight is 243 g/mol. The van der Waals surface area contributed by atoms with E-state index in [0.717, 1.165) is 12.4 Å². The van der Waals surface area contributed by atoms with Crippen molar-refractivity contribution >= 4 is 17.8 Å². The van der Waals surface area contributed by atoms with Crippen LogP contribution in [0.1, 0.15) is 6.42 Å². The van der Waals surface area contributed by atoms with Gasteiger partial charge in [0, 0.05) is 0 Å². The third kappa shape index (κ3) is 4.62. The first kappa shape index (κ1) is 14.2. The largest absolute Gasteiger partial charge is 0.480 e. The monoisotopic (exact) mass is 243 g/mol. The van der Waals surface area contributed by atoms with E-state index >= 15 is 0 Å². The normalized spacial score (nSPS) is 12.8. The maximum Gasteiger partial charge on any atom is 0.471 e. The summed E-state index contributed by atoms with van der Waals surface area (Å²) < 4.78 is 39.4. The van der Waals surface area contributed by atoms with Crippen molar-refractivity contribution < 1.29 is 37.4 Å². The van der Waals surface area contributed by atoms with Crippen LogP contribution in [-0.4, -0.2) is 42.3 Å². The number of nitrogens with one attached hydrogen (secondary N) is 1. The van der Waals surface area contributed by atoms with Gasteiger partial charge >= 0.3 is 24.0 Å². The summed E-state index contributed by atoms with van der Waals surface area (Å²) in [6.45, 7) is 0. The SMILES string of the molecule is COC(=O)C[C@H](NC(=O)C(F)(F)F)C(=O)O. The van der Waals surface area contributed by atoms with Gasteiger partial charge in [0.2, 0.25) is 0 Å². The molecule has 0 aliphatic heterocycles. The molecule has 0 saturated heterocycles. The van der Waals surface area contributed by atoms with Gasteiger partial charge in [0.1, 0.15) is 6.04 Å². The zero-order valence-electron chi connectivity index (χ0n) is 8.00. The molecule has 16 heavy (non-hydrogen) atoms. The highest BCUT2D eigenvalue weighted by molar-refractivity contribution is 5.89. The Hall–Kier alpha value is -1.80. The van der Waals surface area contributed by atoms with Gasteiger partial charge in [-0.15, -0.1) is 0 Å². The second kappa shape index (κ2) is 5.33. The zero-order chi connectivity index (χ0) is 12.9. The molecule has 0 aromatic carbocycles. The molecule has 0 aliphatic carbocycles. The Morgan fingerprint density at radius 2 is 1.88 bits per heavy atom. The smallest absolute Gasteiger partial charge is 0.471 e. The highest BCUT2D eigenvalue weighted by Crippen LogP contribution is 2.14. The molecule has 0 fully saturated rings. The molecule has 0 aromatic heterocycles. The third-order valence-corrected chi connectivity index (χ3v) is 1.46. The molecule has 2 N–H and O–H groups in total. The number of carboxylic acid groups (broad SMARTS) is 1. The van der Waals surface area contributed by atoms with Crippen LogP contribution in [0, 0.1) is 0 Å². The molecule has 6 nitrogen and oxygen atoms in total. The number of alkyl halides is 3. The first-order valence-electron chi connectivity index (χ1n) is 3.85. The number of aliphatic carboxylic acids is 1. The van der Waals surface area contributed by atoms with E-state index in [1.165, 1.54) is 0 Å². The Kier molecular flexibility index (Phi) is 4.73. The van der Waals surface area contributed by atoms with E-state index in [1.807, 2.05) is 0 Å². The van der Waals surface area contributed by atoms with Crippen LogP contribution in [0.25, 0.3) is 0 Å². The number of carbonyl (C=O) groups excluding carboxylic acids is 2. The third-order valence-electron chi connectivity index (χ3n) is 1.46. The van der Waals surface area contributed by atoms with E-state index in [4.69, 9.17) is 5.11 Å². The van der Waals surface area contributed by atoms with Crippen LogP contribution in [-0.2, 0) is 19.1 Å². The van der Waals surface area contributed by atoms with Crippen molar-refractivity contribution in [3.8, 4) is 0 Å². The second-order valence-corrected chi connectivity index (χ2v) is 2.64. The summed E-state index contributed by atoms with van der Waals surface area (Å²) in [4.78, 5) is 31.5. The van der Waals surface area contributed by atoms with E-state index < -0.39 is 36.5 Å². The van der Waals surface area contributed by atoms with Gasteiger partial charge in [-0.25, -0.2) is 4.79 Å². The van der Waals surface area contributed by atoms with Crippen molar-refractivity contribution in [3.63, 3.8) is 0 Å². The summed E-state index contributed by atoms with van der Waals surface area (Å²) in [6, 6.07) is -1.97. The van der Waals surface area contributed by atoms with E-state index in [1.54, 1.807) is 0 Å². The van der Waals surface area contributed by atoms with Crippen LogP contribution in [0.15, 0.2) is 0 Å². The summed E-state index contributed by atoms with van der Waals surface area (Å²) in [5.41, 5.74) is 0. The van der Waals surface area contributed by atoms with Crippen molar-refractivity contribution in [2.45, 2.75) is 18.6 Å². The fourth-order valence-electron chi connectivity index (χ4n) is 0.690. The Labute approximate surface area is 87.4 Å². The molecule has 0 saturated carbocycles. The topological polar surface area (TPSA) is 92.7 Å². The van der Waals surface area contributed by atoms with Crippen LogP contribution >= 0.6 is 0 Å². The Balaban J connectivity index is 4.53. The minimum atomic E-state index is -5.20. The molecule has 1 atom stereocenters. The van der Waals surface area contributed by atoms with Gasteiger partial charge in [0.15, 0.2) is 0 Å². The van der Waals surface area contributed by atoms with Crippen molar-refractivity contribution in [2.24, 2.45) is 0 Å². The lowest BCUT2D eigenvalue weighted by Gasteiger charge is -2.14. The maximum absolute atomic E-state index is 11.8. The van der Waals surface area contributed by atoms with E-state index in [2.05, 4.69) is 4.74 Å². The Bertz CT molecular complexity index is 301. The first-order valence-corrected chi connectivity index (χ1v) is 3.85. The van der Waals surface area contributed by atoms with Gasteiger partial charge in [-0.3, -0.25) is 9.59 Å². The maximum atomic E-state index is 11.8. The number of halogens is 3. The number of methoxy groups -OCH3 is 1. The molecule has 9 heteroatoms. The van der Waals surface area contributed by atoms with Crippen molar-refractivity contribution in [1.82, 2.24) is 5.32 Å². The number of carboxylic acids is 1. The molecule has 0 aromatic rings. The number of hydrogen-bond acceptors (Lipinski definition) is 4. The van der Waals surface area contributed by atoms with Gasteiger partial charge in [-0.2, -0.15) is 13.2 Å². The fraction of sp³-hybridized carbons (Fsp3) is 0.571. The second-order valence-electron chi connectivity index (χ2n) is 2.64. The lowest BCUT2D eigenvalue weighted by atomic mass is 10.2. The minimum absolute atomic E-state index is 0.881. The molecule has 0 spiro atoms. The van der Waals surface area contributed by atoms with Crippen molar-refractivity contribution in [2.75, 3.05) is 7.11 Å². The average Bonchev–Trinajstić information content (AvgIpc) is 2.14. The summed E-state index contributed by atoms with van der Waals surface area (Å²) >= 11 is 0. The molecule has 0 aliphatic rings. The highest BCUT2D eigenvalue weighted by Gasteiger charge is 2.41. The van der Waals surface area contributed by atoms with Crippen LogP contribution < -0.4 is 5.32 Å². The predicted molar refractivity (Wildman–Crippen MR) is 42.3 cm³/mol. The van der Waals surface area contributed by atoms with Gasteiger partial charge < -0.3 is 15.2 Å². The molecule has 0 radical (unpaired) electrons. The van der Waals surface area contributed by atoms with Gasteiger partial charge in [-0.1, -0.05) is 0 Å². The molecule has 0 bridgehead atoms. The predicted octanol–water partition coefficient (Wildman–Crippen LogP) is -0.319. The van der Waals surface area contributed by atoms with Crippen LogP contribution in [0.3, 0.4) is 0 Å². The molecule has 0 unspecified atom stereocenters. The molecule has 0 heterocycles. The fourth-order valence-corrected chi connectivity index (χ4v) is 0.690. The Morgan fingerprint density at radius 1 is 1.38 bits per heavy atom. The summed E-state index contributed by atoms with van der Waals surface area (Å²) in [5.74, 6) is -5.23. The number of carbonyl (C=O) groups is 3. The van der Waals surface area contributed by atoms with Crippen LogP contribution in [0.4, 0.5) is 13.2 Å². The summed E-state index contributed by atoms with van der Waals surface area (Å²) in [5, 5.41) is 9.60. The van der Waals surface area contributed by atoms with E-state index in [0.29, 0.717) is 0 Å². The van der Waals surface area contributed by atoms with E-state index in [9.17, 15) is 27.6 Å². The molecule has 92 valence electrons. The standard InChI is InChI=1S/C7H8F3NO5/c1-16-4(12)2-3(5(13)14)11-6(15)7(8,9)10/h3H,2H2,1H3,(H,11,15)(H,13,14)/t3-/m0/s1. The van der Waals surface area contributed by atoms with Gasteiger partial charge in [0.25, 0.3) is 0 Å². The molecular weight excluding hydrogens is 235 g/mol. The Morgan fingerprint density at radius 3 is 2.19 bits per heavy atom. The number of esters is 1. The van der Waals surface area contributed by atoms with Crippen molar-refractivity contribution in [3.05, 3.63) is 0 Å². The quantitative estimate of drug-likeness (QED) is 0.660. The zero-order valence-corrected chi connectivity index (χ0v) is 8.00. The molecule has 0 rings (SSSR count). The summed E-state index contributed by atoms with van der Waals surface area (Å²) in [6.07, 6.45) is -6.09. The van der Waals surface area contributed by atoms with Crippen molar-refractivity contribution in [1.29, 1.82) is 0 Å². The highest BCUT2D eigenvalue weighted by atomic mass is 19.4. The van der Waals surface area contributed by atoms with Gasteiger partial charge in [0.05, 0.1) is 13.5 Å². The van der Waals surface area contributed by atoms with Gasteiger partial charge in [-0.05, 0) is 0 Å². The van der Waals surface area contributed by atoms with E-state index in [-0.39, 0.29) is 0 Å². The van der Waals surface area contributed by atoms with Crippen LogP contribution in [0.5, 0.6) is 0 Å². The number of amides is 1. The minimum Gasteiger partial charge on any atom is -0.480 e. The number of hydrogen-bond donors (Lipinski definition) is 2. The molecular formula is C7H8F3NO5. The summed E-state index contributed by atoms with van der Waals surface area (Å²) in [7, 11) is 0.937. The number of ether oxygens (including phenoxy) is 1. The lowest BCUT2D eigenvalue weighted by Crippen LogP contribution is -2.47. The van der Waals surface area contributed by atoms with Crippen LogP contribution in [0.2, 0.25) is 0 Å². The lowest BCUT2D eigenvalue weighted by molar-refractivity contribution is -0.175.